The Morgan fingerprint density at radius 1 is 1.33 bits per heavy atom. The number of nitrogens with one attached hydrogen (secondary N) is 1. The molecule has 0 unspecified atom stereocenters. The summed E-state index contributed by atoms with van der Waals surface area (Å²) in [5, 5.41) is 3.25. The van der Waals surface area contributed by atoms with E-state index >= 15 is 0 Å². The number of hydrogen-bond acceptors (Lipinski definition) is 2. The van der Waals surface area contributed by atoms with Crippen LogP contribution in [0.2, 0.25) is 0 Å². The molecule has 1 aliphatic rings. The lowest BCUT2D eigenvalue weighted by Gasteiger charge is -2.25. The summed E-state index contributed by atoms with van der Waals surface area (Å²) in [6, 6.07) is 0. The standard InChI is InChI=1S/C6H11ClN2/c7-1-4-9-5-2-8-3-6-9/h1,4,8H,2-3,5-6H2. The largest absolute Gasteiger partial charge is 0.374 e. The van der Waals surface area contributed by atoms with Crippen molar-refractivity contribution in [1.29, 1.82) is 0 Å². The molecule has 1 heterocycles. The first-order valence-electron chi connectivity index (χ1n) is 3.15. The summed E-state index contributed by atoms with van der Waals surface area (Å²) in [6.07, 6.45) is 1.92. The van der Waals surface area contributed by atoms with E-state index in [1.165, 1.54) is 0 Å². The van der Waals surface area contributed by atoms with E-state index in [1.54, 1.807) is 5.54 Å². The van der Waals surface area contributed by atoms with Crippen LogP contribution in [0.15, 0.2) is 11.7 Å². The van der Waals surface area contributed by atoms with Gasteiger partial charge in [0.15, 0.2) is 0 Å². The Labute approximate surface area is 60.5 Å². The highest BCUT2D eigenvalue weighted by Crippen LogP contribution is 1.93. The fourth-order valence-electron chi connectivity index (χ4n) is 0.911. The van der Waals surface area contributed by atoms with Gasteiger partial charge in [-0.05, 0) is 0 Å². The molecule has 0 radical (unpaired) electrons. The number of piperazine rings is 1. The molecule has 0 aromatic carbocycles. The summed E-state index contributed by atoms with van der Waals surface area (Å²) < 4.78 is 0. The first kappa shape index (κ1) is 6.90. The van der Waals surface area contributed by atoms with Crippen molar-refractivity contribution in [3.63, 3.8) is 0 Å². The molecule has 0 aromatic heterocycles. The topological polar surface area (TPSA) is 15.3 Å². The maximum absolute atomic E-state index is 5.39. The molecule has 9 heavy (non-hydrogen) atoms. The smallest absolute Gasteiger partial charge is 0.0298 e. The number of halogens is 1. The van der Waals surface area contributed by atoms with Crippen LogP contribution in [0.4, 0.5) is 0 Å². The van der Waals surface area contributed by atoms with E-state index in [1.807, 2.05) is 6.20 Å². The Kier molecular flexibility index (Phi) is 2.87. The maximum Gasteiger partial charge on any atom is 0.0298 e. The minimum Gasteiger partial charge on any atom is -0.374 e. The predicted molar refractivity (Wildman–Crippen MR) is 39.4 cm³/mol. The van der Waals surface area contributed by atoms with E-state index in [0.29, 0.717) is 0 Å². The van der Waals surface area contributed by atoms with E-state index in [0.717, 1.165) is 26.2 Å². The Morgan fingerprint density at radius 2 is 2.00 bits per heavy atom. The van der Waals surface area contributed by atoms with Crippen molar-refractivity contribution in [2.75, 3.05) is 26.2 Å². The van der Waals surface area contributed by atoms with Gasteiger partial charge >= 0.3 is 0 Å². The minimum atomic E-state index is 1.07. The van der Waals surface area contributed by atoms with Gasteiger partial charge in [-0.1, -0.05) is 11.6 Å². The van der Waals surface area contributed by atoms with Crippen molar-refractivity contribution in [2.45, 2.75) is 0 Å². The van der Waals surface area contributed by atoms with Gasteiger partial charge in [0.1, 0.15) is 0 Å². The average molecular weight is 147 g/mol. The van der Waals surface area contributed by atoms with Gasteiger partial charge in [-0.3, -0.25) is 0 Å². The monoisotopic (exact) mass is 146 g/mol. The zero-order valence-corrected chi connectivity index (χ0v) is 6.06. The molecule has 0 saturated carbocycles. The Morgan fingerprint density at radius 3 is 2.56 bits per heavy atom. The predicted octanol–water partition coefficient (Wildman–Crippen LogP) is 0.602. The quantitative estimate of drug-likeness (QED) is 0.583. The highest BCUT2D eigenvalue weighted by atomic mass is 35.5. The molecule has 3 heteroatoms. The number of nitrogens with zero attached hydrogens (tertiary/aromatic N) is 1. The first-order chi connectivity index (χ1) is 4.43. The molecule has 0 amide bonds. The summed E-state index contributed by atoms with van der Waals surface area (Å²) in [4.78, 5) is 2.20. The SMILES string of the molecule is ClC=CN1CCNCC1. The van der Waals surface area contributed by atoms with Crippen molar-refractivity contribution in [2.24, 2.45) is 0 Å². The molecule has 1 aliphatic heterocycles. The molecule has 0 aliphatic carbocycles. The van der Waals surface area contributed by atoms with E-state index in [4.69, 9.17) is 11.6 Å². The highest BCUT2D eigenvalue weighted by Gasteiger charge is 2.02. The van der Waals surface area contributed by atoms with Crippen LogP contribution < -0.4 is 5.32 Å². The van der Waals surface area contributed by atoms with Crippen LogP contribution in [-0.4, -0.2) is 31.1 Å². The Bertz CT molecular complexity index is 97.2. The first-order valence-corrected chi connectivity index (χ1v) is 3.59. The second-order valence-electron chi connectivity index (χ2n) is 2.06. The van der Waals surface area contributed by atoms with E-state index in [-0.39, 0.29) is 0 Å². The summed E-state index contributed by atoms with van der Waals surface area (Å²) >= 11 is 5.39. The van der Waals surface area contributed by atoms with Crippen LogP contribution in [-0.2, 0) is 0 Å². The highest BCUT2D eigenvalue weighted by molar-refractivity contribution is 6.25. The fourth-order valence-corrected chi connectivity index (χ4v) is 1.07. The van der Waals surface area contributed by atoms with Crippen LogP contribution in [0, 0.1) is 0 Å². The number of hydrogen-bond donors (Lipinski definition) is 1. The van der Waals surface area contributed by atoms with Gasteiger partial charge in [-0.15, -0.1) is 0 Å². The lowest BCUT2D eigenvalue weighted by atomic mass is 10.4. The van der Waals surface area contributed by atoms with Gasteiger partial charge < -0.3 is 10.2 Å². The third-order valence-electron chi connectivity index (χ3n) is 1.42. The molecular formula is C6H11ClN2. The molecule has 1 N–H and O–H groups in total. The second-order valence-corrected chi connectivity index (χ2v) is 2.31. The third-order valence-corrected chi connectivity index (χ3v) is 1.53. The zero-order valence-electron chi connectivity index (χ0n) is 5.31. The lowest BCUT2D eigenvalue weighted by molar-refractivity contribution is 0.324. The second kappa shape index (κ2) is 3.75. The van der Waals surface area contributed by atoms with Gasteiger partial charge in [0, 0.05) is 37.9 Å². The zero-order chi connectivity index (χ0) is 6.53. The van der Waals surface area contributed by atoms with Gasteiger partial charge in [-0.2, -0.15) is 0 Å². The molecule has 1 rings (SSSR count). The van der Waals surface area contributed by atoms with Crippen molar-refractivity contribution >= 4 is 11.6 Å². The maximum atomic E-state index is 5.39. The van der Waals surface area contributed by atoms with Gasteiger partial charge in [0.05, 0.1) is 0 Å². The molecule has 0 spiro atoms. The minimum absolute atomic E-state index is 1.07. The third kappa shape index (κ3) is 2.24. The van der Waals surface area contributed by atoms with E-state index in [2.05, 4.69) is 10.2 Å². The molecule has 1 saturated heterocycles. The van der Waals surface area contributed by atoms with Crippen molar-refractivity contribution in [3.8, 4) is 0 Å². The summed E-state index contributed by atoms with van der Waals surface area (Å²) in [5.41, 5.74) is 1.56. The summed E-state index contributed by atoms with van der Waals surface area (Å²) in [5.74, 6) is 0. The van der Waals surface area contributed by atoms with Crippen LogP contribution in [0.5, 0.6) is 0 Å². The molecule has 0 bridgehead atoms. The Hall–Kier alpha value is -0.210. The van der Waals surface area contributed by atoms with Crippen LogP contribution in [0.1, 0.15) is 0 Å². The van der Waals surface area contributed by atoms with E-state index < -0.39 is 0 Å². The van der Waals surface area contributed by atoms with E-state index in [9.17, 15) is 0 Å². The van der Waals surface area contributed by atoms with Crippen molar-refractivity contribution < 1.29 is 0 Å². The molecule has 0 atom stereocenters. The Balaban J connectivity index is 2.23. The summed E-state index contributed by atoms with van der Waals surface area (Å²) in [6.45, 7) is 4.29. The van der Waals surface area contributed by atoms with Gasteiger partial charge in [-0.25, -0.2) is 0 Å². The van der Waals surface area contributed by atoms with Gasteiger partial charge in [0.2, 0.25) is 0 Å². The van der Waals surface area contributed by atoms with Crippen molar-refractivity contribution in [1.82, 2.24) is 10.2 Å². The van der Waals surface area contributed by atoms with Crippen molar-refractivity contribution in [3.05, 3.63) is 11.7 Å². The molecule has 0 aromatic rings. The molecule has 1 fully saturated rings. The molecule has 52 valence electrons. The number of rotatable bonds is 1. The molecular weight excluding hydrogens is 136 g/mol. The average Bonchev–Trinajstić information content (AvgIpc) is 1.91. The fraction of sp³-hybridized carbons (Fsp3) is 0.667. The lowest BCUT2D eigenvalue weighted by Crippen LogP contribution is -2.40. The van der Waals surface area contributed by atoms with Gasteiger partial charge in [0.25, 0.3) is 0 Å². The summed E-state index contributed by atoms with van der Waals surface area (Å²) in [7, 11) is 0. The van der Waals surface area contributed by atoms with Crippen LogP contribution in [0.3, 0.4) is 0 Å². The van der Waals surface area contributed by atoms with Crippen LogP contribution in [0.25, 0.3) is 0 Å². The van der Waals surface area contributed by atoms with Crippen LogP contribution >= 0.6 is 11.6 Å². The molecule has 2 nitrogen and oxygen atoms in total. The normalized spacial score (nSPS) is 21.2.